The smallest absolute Gasteiger partial charge is 0.267 e. The number of aromatic nitrogens is 1. The third-order valence-corrected chi connectivity index (χ3v) is 5.40. The van der Waals surface area contributed by atoms with Gasteiger partial charge in [0.15, 0.2) is 0 Å². The van der Waals surface area contributed by atoms with E-state index in [9.17, 15) is 13.2 Å². The number of carbonyl (C=O) groups excluding carboxylic acids is 1. The third kappa shape index (κ3) is 4.01. The largest absolute Gasteiger partial charge is 0.350 e. The molecule has 5 nitrogen and oxygen atoms in total. The van der Waals surface area contributed by atoms with Gasteiger partial charge in [-0.15, -0.1) is 0 Å². The molecule has 1 N–H and O–H groups in total. The van der Waals surface area contributed by atoms with Gasteiger partial charge in [0.25, 0.3) is 15.0 Å². The van der Waals surface area contributed by atoms with Gasteiger partial charge in [0.05, 0.1) is 0 Å². The van der Waals surface area contributed by atoms with E-state index in [0.717, 1.165) is 18.8 Å². The van der Waals surface area contributed by atoms with Crippen molar-refractivity contribution in [2.75, 3.05) is 6.54 Å². The third-order valence-electron chi connectivity index (χ3n) is 4.08. The van der Waals surface area contributed by atoms with Crippen LogP contribution in [-0.2, 0) is 15.6 Å². The van der Waals surface area contributed by atoms with Crippen molar-refractivity contribution < 1.29 is 13.2 Å². The number of rotatable bonds is 5. The van der Waals surface area contributed by atoms with Crippen LogP contribution in [0.5, 0.6) is 0 Å². The predicted molar refractivity (Wildman–Crippen MR) is 82.0 cm³/mol. The van der Waals surface area contributed by atoms with Gasteiger partial charge in [0.2, 0.25) is 0 Å². The average Bonchev–Trinajstić information content (AvgIpc) is 3.01. The molecule has 0 aromatic carbocycles. The Morgan fingerprint density at radius 3 is 2.71 bits per heavy atom. The van der Waals surface area contributed by atoms with E-state index in [0.29, 0.717) is 24.7 Å². The molecule has 0 bridgehead atoms. The molecule has 0 aliphatic heterocycles. The van der Waals surface area contributed by atoms with Crippen molar-refractivity contribution in [3.8, 4) is 0 Å². The monoisotopic (exact) mass is 332 g/mol. The number of aryl methyl sites for hydroxylation is 1. The molecule has 0 spiro atoms. The summed E-state index contributed by atoms with van der Waals surface area (Å²) in [7, 11) is 1.51. The van der Waals surface area contributed by atoms with Gasteiger partial charge in [0, 0.05) is 30.0 Å². The first kappa shape index (κ1) is 16.4. The number of nitrogens with one attached hydrogen (secondary N) is 1. The summed E-state index contributed by atoms with van der Waals surface area (Å²) in [6.45, 7) is 5.22. The minimum atomic E-state index is -3.81. The average molecular weight is 333 g/mol. The predicted octanol–water partition coefficient (Wildman–Crippen LogP) is 2.60. The number of carbonyl (C=O) groups is 1. The number of halogens is 1. The highest BCUT2D eigenvalue weighted by Crippen LogP contribution is 2.29. The van der Waals surface area contributed by atoms with Crippen LogP contribution in [-0.4, -0.2) is 25.4 Å². The Kier molecular flexibility index (Phi) is 4.99. The zero-order valence-corrected chi connectivity index (χ0v) is 13.9. The highest BCUT2D eigenvalue weighted by atomic mass is 35.7. The molecular formula is C14H21ClN2O3S. The molecule has 1 aromatic rings. The molecule has 1 amide bonds. The van der Waals surface area contributed by atoms with Gasteiger partial charge >= 0.3 is 0 Å². The van der Waals surface area contributed by atoms with Crippen LogP contribution < -0.4 is 5.32 Å². The fourth-order valence-electron chi connectivity index (χ4n) is 2.91. The zero-order chi connectivity index (χ0) is 15.6. The van der Waals surface area contributed by atoms with Crippen LogP contribution in [0.25, 0.3) is 0 Å². The molecule has 1 saturated carbocycles. The molecule has 0 radical (unpaired) electrons. The lowest BCUT2D eigenvalue weighted by molar-refractivity contribution is 0.0938. The Hall–Kier alpha value is -1.01. The highest BCUT2D eigenvalue weighted by molar-refractivity contribution is 8.13. The van der Waals surface area contributed by atoms with E-state index in [4.69, 9.17) is 10.7 Å². The van der Waals surface area contributed by atoms with Crippen molar-refractivity contribution in [3.63, 3.8) is 0 Å². The van der Waals surface area contributed by atoms with Crippen LogP contribution in [0, 0.1) is 11.8 Å². The van der Waals surface area contributed by atoms with Crippen LogP contribution in [0.3, 0.4) is 0 Å². The van der Waals surface area contributed by atoms with Crippen LogP contribution in [0.1, 0.15) is 43.6 Å². The van der Waals surface area contributed by atoms with E-state index in [-0.39, 0.29) is 10.8 Å². The molecule has 0 saturated heterocycles. The van der Waals surface area contributed by atoms with Gasteiger partial charge < -0.3 is 9.88 Å². The van der Waals surface area contributed by atoms with E-state index in [1.165, 1.54) is 18.7 Å². The number of hydrogen-bond acceptors (Lipinski definition) is 3. The first-order valence-electron chi connectivity index (χ1n) is 7.24. The Bertz CT molecular complexity index is 624. The van der Waals surface area contributed by atoms with Crippen molar-refractivity contribution in [2.24, 2.45) is 11.8 Å². The second-order valence-electron chi connectivity index (χ2n) is 5.78. The second-order valence-corrected chi connectivity index (χ2v) is 8.35. The van der Waals surface area contributed by atoms with E-state index in [1.54, 1.807) is 4.57 Å². The molecular weight excluding hydrogens is 312 g/mol. The maximum absolute atomic E-state index is 12.2. The summed E-state index contributed by atoms with van der Waals surface area (Å²) in [5.74, 6) is 0.993. The minimum Gasteiger partial charge on any atom is -0.350 e. The second kappa shape index (κ2) is 6.40. The minimum absolute atomic E-state index is 0.0364. The van der Waals surface area contributed by atoms with Gasteiger partial charge in [-0.3, -0.25) is 4.79 Å². The number of hydrogen-bond donors (Lipinski definition) is 1. The fraction of sp³-hybridized carbons (Fsp3) is 0.643. The molecule has 1 heterocycles. The summed E-state index contributed by atoms with van der Waals surface area (Å²) in [6, 6.07) is 1.33. The molecule has 2 atom stereocenters. The van der Waals surface area contributed by atoms with E-state index in [2.05, 4.69) is 12.2 Å². The summed E-state index contributed by atoms with van der Waals surface area (Å²) in [6.07, 6.45) is 4.88. The van der Waals surface area contributed by atoms with Crippen molar-refractivity contribution in [1.29, 1.82) is 0 Å². The Labute approximate surface area is 130 Å². The van der Waals surface area contributed by atoms with Gasteiger partial charge in [-0.2, -0.15) is 0 Å². The Balaban J connectivity index is 2.06. The molecule has 1 aliphatic rings. The van der Waals surface area contributed by atoms with Gasteiger partial charge in [-0.25, -0.2) is 8.42 Å². The summed E-state index contributed by atoms with van der Waals surface area (Å²) >= 11 is 0. The molecule has 2 rings (SSSR count). The topological polar surface area (TPSA) is 68.2 Å². The fourth-order valence-corrected chi connectivity index (χ4v) is 3.67. The lowest BCUT2D eigenvalue weighted by atomic mass is 10.1. The number of amides is 1. The number of nitrogens with zero attached hydrogens (tertiary/aromatic N) is 1. The summed E-state index contributed by atoms with van der Waals surface area (Å²) in [5, 5.41) is 2.90. The highest BCUT2D eigenvalue weighted by Gasteiger charge is 2.23. The lowest BCUT2D eigenvalue weighted by Gasteiger charge is -2.12. The maximum Gasteiger partial charge on any atom is 0.267 e. The maximum atomic E-state index is 12.2. The Morgan fingerprint density at radius 1 is 1.48 bits per heavy atom. The van der Waals surface area contributed by atoms with Crippen molar-refractivity contribution >= 4 is 25.6 Å². The molecule has 1 fully saturated rings. The Morgan fingerprint density at radius 2 is 2.19 bits per heavy atom. The SMILES string of the molecule is CCn1cc(S(=O)(=O)Cl)cc1C(=O)NCC1CCC(C)C1. The molecule has 2 unspecified atom stereocenters. The van der Waals surface area contributed by atoms with Gasteiger partial charge in [-0.05, 0) is 37.7 Å². The van der Waals surface area contributed by atoms with E-state index in [1.807, 2.05) is 6.92 Å². The van der Waals surface area contributed by atoms with Crippen LogP contribution in [0.4, 0.5) is 0 Å². The summed E-state index contributed by atoms with van der Waals surface area (Å²) in [4.78, 5) is 12.2. The van der Waals surface area contributed by atoms with Crippen molar-refractivity contribution in [1.82, 2.24) is 9.88 Å². The summed E-state index contributed by atoms with van der Waals surface area (Å²) < 4.78 is 24.3. The molecule has 7 heteroatoms. The standard InChI is InChI=1S/C14H21ClN2O3S/c1-3-17-9-12(21(15,19)20)7-13(17)14(18)16-8-11-5-4-10(2)6-11/h7,9-11H,3-6,8H2,1-2H3,(H,16,18). The molecule has 1 aliphatic carbocycles. The molecule has 1 aromatic heterocycles. The quantitative estimate of drug-likeness (QED) is 0.843. The van der Waals surface area contributed by atoms with Crippen LogP contribution >= 0.6 is 10.7 Å². The van der Waals surface area contributed by atoms with E-state index < -0.39 is 9.05 Å². The van der Waals surface area contributed by atoms with Crippen molar-refractivity contribution in [3.05, 3.63) is 18.0 Å². The van der Waals surface area contributed by atoms with Crippen LogP contribution in [0.2, 0.25) is 0 Å². The first-order valence-corrected chi connectivity index (χ1v) is 9.55. The normalized spacial score (nSPS) is 22.4. The van der Waals surface area contributed by atoms with E-state index >= 15 is 0 Å². The van der Waals surface area contributed by atoms with Crippen LogP contribution in [0.15, 0.2) is 17.2 Å². The molecule has 21 heavy (non-hydrogen) atoms. The lowest BCUT2D eigenvalue weighted by Crippen LogP contribution is -2.30. The van der Waals surface area contributed by atoms with Crippen molar-refractivity contribution in [2.45, 2.75) is 44.6 Å². The zero-order valence-electron chi connectivity index (χ0n) is 12.3. The van der Waals surface area contributed by atoms with Gasteiger partial charge in [-0.1, -0.05) is 13.3 Å². The molecule has 118 valence electrons. The summed E-state index contributed by atoms with van der Waals surface area (Å²) in [5.41, 5.74) is 0.336. The van der Waals surface area contributed by atoms with Gasteiger partial charge in [0.1, 0.15) is 10.6 Å². The first-order chi connectivity index (χ1) is 9.81.